The Morgan fingerprint density at radius 2 is 1.90 bits per heavy atom. The molecule has 2 rings (SSSR count). The van der Waals surface area contributed by atoms with Crippen LogP contribution in [0.15, 0.2) is 24.3 Å². The minimum atomic E-state index is -4.13. The molecular formula is C15H20F4N2. The summed E-state index contributed by atoms with van der Waals surface area (Å²) in [5.41, 5.74) is 1.06. The van der Waals surface area contributed by atoms with Gasteiger partial charge in [0.2, 0.25) is 0 Å². The van der Waals surface area contributed by atoms with Gasteiger partial charge in [-0.3, -0.25) is 4.90 Å². The van der Waals surface area contributed by atoms with Crippen LogP contribution in [-0.4, -0.2) is 37.3 Å². The molecular weight excluding hydrogens is 284 g/mol. The maximum atomic E-state index is 12.8. The molecule has 1 aromatic carbocycles. The smallest absolute Gasteiger partial charge is 0.309 e. The lowest BCUT2D eigenvalue weighted by atomic mass is 10.1. The molecule has 0 bridgehead atoms. The molecule has 1 fully saturated rings. The summed E-state index contributed by atoms with van der Waals surface area (Å²) in [6, 6.07) is 6.44. The number of nitrogens with zero attached hydrogens (tertiary/aromatic N) is 1. The van der Waals surface area contributed by atoms with Gasteiger partial charge in [-0.05, 0) is 49.5 Å². The van der Waals surface area contributed by atoms with Gasteiger partial charge in [0.25, 0.3) is 0 Å². The highest BCUT2D eigenvalue weighted by atomic mass is 19.4. The quantitative estimate of drug-likeness (QED) is 0.641. The predicted molar refractivity (Wildman–Crippen MR) is 73.3 cm³/mol. The third-order valence-electron chi connectivity index (χ3n) is 3.74. The molecule has 0 radical (unpaired) electrons. The molecule has 0 spiro atoms. The highest BCUT2D eigenvalue weighted by molar-refractivity contribution is 5.16. The minimum Gasteiger partial charge on any atom is -0.309 e. The minimum absolute atomic E-state index is 0.242. The van der Waals surface area contributed by atoms with Crippen molar-refractivity contribution >= 4 is 0 Å². The first kappa shape index (κ1) is 16.2. The van der Waals surface area contributed by atoms with Crippen LogP contribution in [-0.2, 0) is 6.54 Å². The van der Waals surface area contributed by atoms with Gasteiger partial charge in [-0.1, -0.05) is 12.1 Å². The first-order chi connectivity index (χ1) is 9.92. The van der Waals surface area contributed by atoms with E-state index in [1.807, 2.05) is 0 Å². The zero-order valence-corrected chi connectivity index (χ0v) is 11.8. The predicted octanol–water partition coefficient (Wildman–Crippen LogP) is 3.19. The number of alkyl halides is 3. The Bertz CT molecular complexity index is 430. The van der Waals surface area contributed by atoms with E-state index in [-0.39, 0.29) is 5.82 Å². The molecule has 1 aliphatic heterocycles. The van der Waals surface area contributed by atoms with Crippen LogP contribution in [0.4, 0.5) is 17.6 Å². The lowest BCUT2D eigenvalue weighted by molar-refractivity contribution is -0.124. The zero-order valence-electron chi connectivity index (χ0n) is 11.8. The first-order valence-corrected chi connectivity index (χ1v) is 7.16. The molecule has 6 heteroatoms. The average molecular weight is 304 g/mol. The van der Waals surface area contributed by atoms with Gasteiger partial charge in [0, 0.05) is 13.1 Å². The molecule has 1 saturated heterocycles. The van der Waals surface area contributed by atoms with E-state index >= 15 is 0 Å². The normalized spacial score (nSPS) is 20.1. The maximum Gasteiger partial charge on any atom is 0.401 e. The van der Waals surface area contributed by atoms with Crippen LogP contribution in [0.25, 0.3) is 0 Å². The molecule has 0 saturated carbocycles. The van der Waals surface area contributed by atoms with Crippen LogP contribution in [0.1, 0.15) is 18.4 Å². The van der Waals surface area contributed by atoms with Crippen molar-refractivity contribution in [3.05, 3.63) is 35.6 Å². The first-order valence-electron chi connectivity index (χ1n) is 7.16. The Morgan fingerprint density at radius 1 is 1.19 bits per heavy atom. The Hall–Kier alpha value is -1.14. The van der Waals surface area contributed by atoms with Gasteiger partial charge in [0.1, 0.15) is 5.82 Å². The van der Waals surface area contributed by atoms with Crippen molar-refractivity contribution in [2.24, 2.45) is 5.92 Å². The number of halogens is 4. The Kier molecular flexibility index (Phi) is 5.58. The molecule has 1 unspecified atom stereocenters. The Balaban J connectivity index is 1.65. The van der Waals surface area contributed by atoms with Crippen molar-refractivity contribution in [3.8, 4) is 0 Å². The third kappa shape index (κ3) is 6.01. The maximum absolute atomic E-state index is 12.8. The largest absolute Gasteiger partial charge is 0.401 e. The summed E-state index contributed by atoms with van der Waals surface area (Å²) >= 11 is 0. The summed E-state index contributed by atoms with van der Waals surface area (Å²) in [4.78, 5) is 2.27. The third-order valence-corrected chi connectivity index (χ3v) is 3.74. The van der Waals surface area contributed by atoms with Crippen molar-refractivity contribution < 1.29 is 17.6 Å². The molecule has 0 amide bonds. The fourth-order valence-electron chi connectivity index (χ4n) is 2.68. The average Bonchev–Trinajstić information content (AvgIpc) is 2.84. The van der Waals surface area contributed by atoms with Gasteiger partial charge in [0.05, 0.1) is 6.54 Å². The van der Waals surface area contributed by atoms with E-state index < -0.39 is 12.7 Å². The zero-order chi connectivity index (χ0) is 15.3. The Morgan fingerprint density at radius 3 is 2.57 bits per heavy atom. The topological polar surface area (TPSA) is 15.3 Å². The van der Waals surface area contributed by atoms with Crippen LogP contribution >= 0.6 is 0 Å². The molecule has 1 aromatic rings. The van der Waals surface area contributed by atoms with Gasteiger partial charge in [-0.15, -0.1) is 0 Å². The number of nitrogens with one attached hydrogen (secondary N) is 1. The van der Waals surface area contributed by atoms with Gasteiger partial charge in [0.15, 0.2) is 0 Å². The molecule has 0 aliphatic carbocycles. The summed E-state index contributed by atoms with van der Waals surface area (Å²) in [7, 11) is 0. The van der Waals surface area contributed by atoms with Crippen LogP contribution in [0, 0.1) is 11.7 Å². The molecule has 1 atom stereocenters. The molecule has 21 heavy (non-hydrogen) atoms. The molecule has 1 N–H and O–H groups in total. The van der Waals surface area contributed by atoms with E-state index in [1.54, 1.807) is 12.1 Å². The molecule has 118 valence electrons. The van der Waals surface area contributed by atoms with E-state index in [2.05, 4.69) is 10.2 Å². The van der Waals surface area contributed by atoms with Crippen LogP contribution in [0.3, 0.4) is 0 Å². The summed E-state index contributed by atoms with van der Waals surface area (Å²) in [5.74, 6) is 0.194. The van der Waals surface area contributed by atoms with Gasteiger partial charge < -0.3 is 5.32 Å². The second-order valence-corrected chi connectivity index (χ2v) is 5.60. The van der Waals surface area contributed by atoms with Crippen molar-refractivity contribution in [3.63, 3.8) is 0 Å². The van der Waals surface area contributed by atoms with Crippen molar-refractivity contribution in [2.45, 2.75) is 25.6 Å². The number of benzene rings is 1. The summed E-state index contributed by atoms with van der Waals surface area (Å²) in [5, 5.41) is 2.44. The van der Waals surface area contributed by atoms with E-state index in [0.717, 1.165) is 38.0 Å². The molecule has 1 aliphatic rings. The van der Waals surface area contributed by atoms with Crippen LogP contribution in [0.2, 0.25) is 0 Å². The van der Waals surface area contributed by atoms with Crippen molar-refractivity contribution in [1.82, 2.24) is 10.2 Å². The number of rotatable bonds is 6. The second kappa shape index (κ2) is 7.22. The van der Waals surface area contributed by atoms with Crippen molar-refractivity contribution in [1.29, 1.82) is 0 Å². The molecule has 2 nitrogen and oxygen atoms in total. The monoisotopic (exact) mass is 304 g/mol. The van der Waals surface area contributed by atoms with Crippen LogP contribution in [0.5, 0.6) is 0 Å². The lowest BCUT2D eigenvalue weighted by Gasteiger charge is -2.16. The van der Waals surface area contributed by atoms with E-state index in [9.17, 15) is 17.6 Å². The van der Waals surface area contributed by atoms with Crippen LogP contribution < -0.4 is 5.32 Å². The van der Waals surface area contributed by atoms with Gasteiger partial charge in [-0.25, -0.2) is 4.39 Å². The van der Waals surface area contributed by atoms with E-state index in [4.69, 9.17) is 0 Å². The number of hydrogen-bond acceptors (Lipinski definition) is 2. The SMILES string of the molecule is Fc1ccc(CN2CCC(CCNCC(F)(F)F)C2)cc1. The molecule has 0 aromatic heterocycles. The van der Waals surface area contributed by atoms with Gasteiger partial charge >= 0.3 is 6.18 Å². The molecule has 1 heterocycles. The Labute approximate surface area is 122 Å². The summed E-state index contributed by atoms with van der Waals surface area (Å²) in [6.45, 7) is 2.09. The van der Waals surface area contributed by atoms with Gasteiger partial charge in [-0.2, -0.15) is 13.2 Å². The number of hydrogen-bond donors (Lipinski definition) is 1. The highest BCUT2D eigenvalue weighted by Gasteiger charge is 2.27. The number of likely N-dealkylation sites (tertiary alicyclic amines) is 1. The second-order valence-electron chi connectivity index (χ2n) is 5.60. The summed E-state index contributed by atoms with van der Waals surface area (Å²) < 4.78 is 48.8. The van der Waals surface area contributed by atoms with E-state index in [1.165, 1.54) is 12.1 Å². The highest BCUT2D eigenvalue weighted by Crippen LogP contribution is 2.21. The fourth-order valence-corrected chi connectivity index (χ4v) is 2.68. The fraction of sp³-hybridized carbons (Fsp3) is 0.600. The summed E-state index contributed by atoms with van der Waals surface area (Å²) in [6.07, 6.45) is -2.37. The lowest BCUT2D eigenvalue weighted by Crippen LogP contribution is -2.30. The van der Waals surface area contributed by atoms with E-state index in [0.29, 0.717) is 12.5 Å². The van der Waals surface area contributed by atoms with Crippen molar-refractivity contribution in [2.75, 3.05) is 26.2 Å². The standard InChI is InChI=1S/C15H20F4N2/c16-14-3-1-12(2-4-14)9-21-8-6-13(10-21)5-7-20-11-15(17,18)19/h1-4,13,20H,5-11H2.